The van der Waals surface area contributed by atoms with Crippen molar-refractivity contribution in [2.75, 3.05) is 26.2 Å². The minimum absolute atomic E-state index is 0.00715. The maximum Gasteiger partial charge on any atom is 0.253 e. The van der Waals surface area contributed by atoms with Crippen LogP contribution in [0, 0.1) is 13.8 Å². The standard InChI is InChI=1S/C15H24N4O/c1-11-3-4-14(12(2)17-11)15(20)18-13-5-8-19(9-6-13)10-7-16/h3-4,13H,5-10,16H2,1-2H3,(H,18,20). The van der Waals surface area contributed by atoms with Gasteiger partial charge in [-0.3, -0.25) is 9.78 Å². The van der Waals surface area contributed by atoms with Gasteiger partial charge in [0.15, 0.2) is 0 Å². The van der Waals surface area contributed by atoms with Gasteiger partial charge in [0, 0.05) is 37.9 Å². The second-order valence-corrected chi connectivity index (χ2v) is 5.46. The van der Waals surface area contributed by atoms with E-state index in [-0.39, 0.29) is 11.9 Å². The highest BCUT2D eigenvalue weighted by Crippen LogP contribution is 2.12. The lowest BCUT2D eigenvalue weighted by atomic mass is 10.0. The fourth-order valence-electron chi connectivity index (χ4n) is 2.67. The highest BCUT2D eigenvalue weighted by atomic mass is 16.1. The van der Waals surface area contributed by atoms with Crippen molar-refractivity contribution in [2.24, 2.45) is 5.73 Å². The number of carbonyl (C=O) groups is 1. The second kappa shape index (κ2) is 6.81. The number of nitrogens with zero attached hydrogens (tertiary/aromatic N) is 2. The van der Waals surface area contributed by atoms with Crippen LogP contribution in [0.5, 0.6) is 0 Å². The number of nitrogens with one attached hydrogen (secondary N) is 1. The third-order valence-electron chi connectivity index (χ3n) is 3.84. The Hall–Kier alpha value is -1.46. The Bertz CT molecular complexity index is 467. The molecule has 2 rings (SSSR count). The number of rotatable bonds is 4. The molecule has 1 saturated heterocycles. The molecular weight excluding hydrogens is 252 g/mol. The van der Waals surface area contributed by atoms with Gasteiger partial charge in [-0.05, 0) is 38.8 Å². The largest absolute Gasteiger partial charge is 0.349 e. The summed E-state index contributed by atoms with van der Waals surface area (Å²) in [4.78, 5) is 19.0. The van der Waals surface area contributed by atoms with E-state index in [1.165, 1.54) is 0 Å². The Morgan fingerprint density at radius 3 is 2.70 bits per heavy atom. The van der Waals surface area contributed by atoms with E-state index in [9.17, 15) is 4.79 Å². The Morgan fingerprint density at radius 2 is 2.10 bits per heavy atom. The van der Waals surface area contributed by atoms with E-state index in [1.54, 1.807) is 0 Å². The molecule has 2 heterocycles. The fraction of sp³-hybridized carbons (Fsp3) is 0.600. The molecule has 1 aliphatic rings. The van der Waals surface area contributed by atoms with Crippen molar-refractivity contribution < 1.29 is 4.79 Å². The molecule has 0 spiro atoms. The average molecular weight is 276 g/mol. The van der Waals surface area contributed by atoms with Gasteiger partial charge in [0.05, 0.1) is 11.3 Å². The van der Waals surface area contributed by atoms with E-state index in [1.807, 2.05) is 26.0 Å². The molecule has 0 aromatic carbocycles. The normalized spacial score (nSPS) is 17.1. The molecule has 0 radical (unpaired) electrons. The number of piperidine rings is 1. The summed E-state index contributed by atoms with van der Waals surface area (Å²) in [7, 11) is 0. The van der Waals surface area contributed by atoms with E-state index < -0.39 is 0 Å². The van der Waals surface area contributed by atoms with E-state index in [0.29, 0.717) is 12.1 Å². The summed E-state index contributed by atoms with van der Waals surface area (Å²) in [6, 6.07) is 4.00. The maximum absolute atomic E-state index is 12.3. The quantitative estimate of drug-likeness (QED) is 0.855. The van der Waals surface area contributed by atoms with E-state index in [2.05, 4.69) is 15.2 Å². The van der Waals surface area contributed by atoms with Gasteiger partial charge in [0.1, 0.15) is 0 Å². The van der Waals surface area contributed by atoms with Crippen LogP contribution in [0.4, 0.5) is 0 Å². The SMILES string of the molecule is Cc1ccc(C(=O)NC2CCN(CCN)CC2)c(C)n1. The Morgan fingerprint density at radius 1 is 1.40 bits per heavy atom. The number of hydrogen-bond acceptors (Lipinski definition) is 4. The third kappa shape index (κ3) is 3.77. The van der Waals surface area contributed by atoms with Crippen molar-refractivity contribution in [2.45, 2.75) is 32.7 Å². The van der Waals surface area contributed by atoms with Crippen molar-refractivity contribution in [3.63, 3.8) is 0 Å². The van der Waals surface area contributed by atoms with Crippen molar-refractivity contribution in [3.05, 3.63) is 29.1 Å². The van der Waals surface area contributed by atoms with Gasteiger partial charge in [-0.25, -0.2) is 0 Å². The molecule has 1 aliphatic heterocycles. The van der Waals surface area contributed by atoms with Gasteiger partial charge in [-0.2, -0.15) is 0 Å². The fourth-order valence-corrected chi connectivity index (χ4v) is 2.67. The van der Waals surface area contributed by atoms with Crippen molar-refractivity contribution in [3.8, 4) is 0 Å². The molecule has 1 aromatic rings. The number of aryl methyl sites for hydroxylation is 2. The molecule has 110 valence electrons. The van der Waals surface area contributed by atoms with Crippen LogP contribution in [0.2, 0.25) is 0 Å². The molecule has 3 N–H and O–H groups in total. The predicted molar refractivity (Wildman–Crippen MR) is 79.7 cm³/mol. The zero-order valence-electron chi connectivity index (χ0n) is 12.4. The lowest BCUT2D eigenvalue weighted by Gasteiger charge is -2.32. The monoisotopic (exact) mass is 276 g/mol. The zero-order valence-corrected chi connectivity index (χ0v) is 12.4. The van der Waals surface area contributed by atoms with Gasteiger partial charge < -0.3 is 16.0 Å². The first-order valence-electron chi connectivity index (χ1n) is 7.27. The van der Waals surface area contributed by atoms with Crippen LogP contribution in [0.25, 0.3) is 0 Å². The molecule has 0 aliphatic carbocycles. The summed E-state index contributed by atoms with van der Waals surface area (Å²) in [5.41, 5.74) is 7.98. The van der Waals surface area contributed by atoms with Crippen LogP contribution < -0.4 is 11.1 Å². The molecule has 5 nitrogen and oxygen atoms in total. The predicted octanol–water partition coefficient (Wildman–Crippen LogP) is 0.851. The number of pyridine rings is 1. The summed E-state index contributed by atoms with van der Waals surface area (Å²) in [5.74, 6) is -0.00715. The molecule has 5 heteroatoms. The summed E-state index contributed by atoms with van der Waals surface area (Å²) in [6.07, 6.45) is 1.98. The topological polar surface area (TPSA) is 71.2 Å². The van der Waals surface area contributed by atoms with Gasteiger partial charge in [0.25, 0.3) is 5.91 Å². The van der Waals surface area contributed by atoms with Crippen molar-refractivity contribution in [1.29, 1.82) is 0 Å². The first kappa shape index (κ1) is 14.9. The molecule has 0 bridgehead atoms. The second-order valence-electron chi connectivity index (χ2n) is 5.46. The summed E-state index contributed by atoms with van der Waals surface area (Å²) in [5, 5.41) is 3.12. The summed E-state index contributed by atoms with van der Waals surface area (Å²) < 4.78 is 0. The average Bonchev–Trinajstić information content (AvgIpc) is 2.41. The zero-order chi connectivity index (χ0) is 14.5. The molecule has 20 heavy (non-hydrogen) atoms. The Kier molecular flexibility index (Phi) is 5.09. The van der Waals surface area contributed by atoms with E-state index in [0.717, 1.165) is 43.9 Å². The van der Waals surface area contributed by atoms with Gasteiger partial charge in [-0.15, -0.1) is 0 Å². The Balaban J connectivity index is 1.89. The van der Waals surface area contributed by atoms with Crippen LogP contribution in [0.1, 0.15) is 34.6 Å². The smallest absolute Gasteiger partial charge is 0.253 e. The van der Waals surface area contributed by atoms with Gasteiger partial charge in [0.2, 0.25) is 0 Å². The summed E-state index contributed by atoms with van der Waals surface area (Å²) in [6.45, 7) is 7.47. The summed E-state index contributed by atoms with van der Waals surface area (Å²) >= 11 is 0. The highest BCUT2D eigenvalue weighted by molar-refractivity contribution is 5.95. The van der Waals surface area contributed by atoms with Gasteiger partial charge in [-0.1, -0.05) is 0 Å². The highest BCUT2D eigenvalue weighted by Gasteiger charge is 2.21. The number of nitrogens with two attached hydrogens (primary N) is 1. The number of likely N-dealkylation sites (tertiary alicyclic amines) is 1. The lowest BCUT2D eigenvalue weighted by Crippen LogP contribution is -2.45. The first-order valence-corrected chi connectivity index (χ1v) is 7.27. The van der Waals surface area contributed by atoms with Crippen LogP contribution >= 0.6 is 0 Å². The number of aromatic nitrogens is 1. The molecule has 0 unspecified atom stereocenters. The molecular formula is C15H24N4O. The first-order chi connectivity index (χ1) is 9.60. The van der Waals surface area contributed by atoms with Gasteiger partial charge >= 0.3 is 0 Å². The number of amides is 1. The van der Waals surface area contributed by atoms with E-state index >= 15 is 0 Å². The third-order valence-corrected chi connectivity index (χ3v) is 3.84. The lowest BCUT2D eigenvalue weighted by molar-refractivity contribution is 0.0911. The van der Waals surface area contributed by atoms with Crippen molar-refractivity contribution in [1.82, 2.24) is 15.2 Å². The number of carbonyl (C=O) groups excluding carboxylic acids is 1. The van der Waals surface area contributed by atoms with Crippen LogP contribution in [0.3, 0.4) is 0 Å². The van der Waals surface area contributed by atoms with Crippen LogP contribution in [-0.4, -0.2) is 48.0 Å². The van der Waals surface area contributed by atoms with Crippen molar-refractivity contribution >= 4 is 5.91 Å². The van der Waals surface area contributed by atoms with Crippen LogP contribution in [0.15, 0.2) is 12.1 Å². The molecule has 1 fully saturated rings. The molecule has 0 saturated carbocycles. The minimum atomic E-state index is -0.00715. The Labute approximate surface area is 120 Å². The molecule has 1 aromatic heterocycles. The number of hydrogen-bond donors (Lipinski definition) is 2. The minimum Gasteiger partial charge on any atom is -0.349 e. The van der Waals surface area contributed by atoms with Crippen LogP contribution in [-0.2, 0) is 0 Å². The molecule has 1 amide bonds. The van der Waals surface area contributed by atoms with E-state index in [4.69, 9.17) is 5.73 Å². The molecule has 0 atom stereocenters. The maximum atomic E-state index is 12.3.